The summed E-state index contributed by atoms with van der Waals surface area (Å²) in [4.78, 5) is 72.6. The molecule has 0 aromatic heterocycles. The van der Waals surface area contributed by atoms with Crippen molar-refractivity contribution in [1.82, 2.24) is 0 Å². The average Bonchev–Trinajstić information content (AvgIpc) is 2.69. The van der Waals surface area contributed by atoms with Gasteiger partial charge in [-0.05, 0) is 69.1 Å². The van der Waals surface area contributed by atoms with Gasteiger partial charge in [0.25, 0.3) is 0 Å². The van der Waals surface area contributed by atoms with E-state index in [9.17, 15) is 43.2 Å². The van der Waals surface area contributed by atoms with E-state index in [0.29, 0.717) is 37.5 Å². The normalized spacial score (nSPS) is 14.6. The Morgan fingerprint density at radius 2 is 0.634 bits per heavy atom. The number of ether oxygens (including phenoxy) is 4. The van der Waals surface area contributed by atoms with E-state index in [1.165, 1.54) is 141 Å². The molecule has 0 rings (SSSR count). The smallest absolute Gasteiger partial charge is 0.462 e. The molecule has 0 aliphatic heterocycles. The molecule has 0 saturated carbocycles. The van der Waals surface area contributed by atoms with Crippen LogP contribution in [0.5, 0.6) is 0 Å². The number of hydrogen-bond donors (Lipinski definition) is 3. The van der Waals surface area contributed by atoms with Crippen molar-refractivity contribution in [3.05, 3.63) is 24.3 Å². The van der Waals surface area contributed by atoms with E-state index in [2.05, 4.69) is 72.8 Å². The van der Waals surface area contributed by atoms with Crippen LogP contribution in [0.4, 0.5) is 0 Å². The third kappa shape index (κ3) is 66.6. The molecule has 93 heavy (non-hydrogen) atoms. The molecular weight excluding hydrogens is 1220 g/mol. The molecule has 548 valence electrons. The zero-order chi connectivity index (χ0) is 68.7. The van der Waals surface area contributed by atoms with Crippen molar-refractivity contribution in [2.45, 2.75) is 369 Å². The number of allylic oxidation sites excluding steroid dienone is 4. The first-order valence-electron chi connectivity index (χ1n) is 37.7. The number of unbranched alkanes of at least 4 members (excludes halogenated alkanes) is 34. The molecule has 0 bridgehead atoms. The van der Waals surface area contributed by atoms with E-state index >= 15 is 0 Å². The van der Waals surface area contributed by atoms with E-state index in [0.717, 1.165) is 115 Å². The lowest BCUT2D eigenvalue weighted by molar-refractivity contribution is -0.161. The lowest BCUT2D eigenvalue weighted by atomic mass is 9.99. The first-order chi connectivity index (χ1) is 44.8. The lowest BCUT2D eigenvalue weighted by Gasteiger charge is -2.21. The van der Waals surface area contributed by atoms with Gasteiger partial charge in [-0.2, -0.15) is 0 Å². The molecule has 0 aromatic carbocycles. The lowest BCUT2D eigenvalue weighted by Crippen LogP contribution is -2.30. The standard InChI is InChI=1S/C74H140O17P2/c1-8-10-11-12-13-14-15-16-17-22-25-28-35-43-50-57-73(78)90-69(61-84-71(76)55-48-41-34-27-24-21-19-18-20-23-26-33-40-47-54-67(7)9-2)63-88-92(80,81)86-59-68(75)60-87-93(82,83)89-64-70(91-74(79)58-51-44-37-30-32-39-46-53-66(5)6)62-85-72(77)56-49-42-36-29-31-38-45-52-65(3)4/h14-17,65-70,75H,8-13,18-64H2,1-7H3,(H,80,81)(H,82,83)/b15-14-,17-16-/t67?,68?,69-,70-/m1/s1. The molecule has 6 atom stereocenters. The zero-order valence-corrected chi connectivity index (χ0v) is 62.0. The van der Waals surface area contributed by atoms with Crippen LogP contribution in [-0.2, 0) is 65.4 Å². The summed E-state index contributed by atoms with van der Waals surface area (Å²) in [6.07, 6.45) is 52.3. The number of phosphoric ester groups is 2. The van der Waals surface area contributed by atoms with Gasteiger partial charge < -0.3 is 33.8 Å². The molecule has 19 heteroatoms. The maximum Gasteiger partial charge on any atom is 0.472 e. The van der Waals surface area contributed by atoms with E-state index < -0.39 is 97.5 Å². The summed E-state index contributed by atoms with van der Waals surface area (Å²) >= 11 is 0. The predicted molar refractivity (Wildman–Crippen MR) is 377 cm³/mol. The van der Waals surface area contributed by atoms with Gasteiger partial charge in [0.1, 0.15) is 19.3 Å². The van der Waals surface area contributed by atoms with Crippen molar-refractivity contribution in [1.29, 1.82) is 0 Å². The minimum absolute atomic E-state index is 0.0847. The van der Waals surface area contributed by atoms with Crippen LogP contribution in [-0.4, -0.2) is 96.7 Å². The van der Waals surface area contributed by atoms with Crippen LogP contribution in [0.25, 0.3) is 0 Å². The maximum atomic E-state index is 13.1. The Morgan fingerprint density at radius 1 is 0.355 bits per heavy atom. The highest BCUT2D eigenvalue weighted by Gasteiger charge is 2.30. The van der Waals surface area contributed by atoms with Crippen molar-refractivity contribution in [2.24, 2.45) is 17.8 Å². The summed E-state index contributed by atoms with van der Waals surface area (Å²) in [7, 11) is -9.92. The van der Waals surface area contributed by atoms with Gasteiger partial charge in [0.15, 0.2) is 12.2 Å². The van der Waals surface area contributed by atoms with Crippen LogP contribution in [0.3, 0.4) is 0 Å². The summed E-state index contributed by atoms with van der Waals surface area (Å²) < 4.78 is 68.3. The topological polar surface area (TPSA) is 237 Å². The number of carbonyl (C=O) groups is 4. The van der Waals surface area contributed by atoms with Crippen molar-refractivity contribution >= 4 is 39.5 Å². The highest BCUT2D eigenvalue weighted by molar-refractivity contribution is 7.47. The fraction of sp³-hybridized carbons (Fsp3) is 0.892. The first-order valence-corrected chi connectivity index (χ1v) is 40.7. The Bertz CT molecular complexity index is 1910. The molecule has 0 amide bonds. The number of carbonyl (C=O) groups excluding carboxylic acids is 4. The Hall–Kier alpha value is -2.46. The summed E-state index contributed by atoms with van der Waals surface area (Å²) in [5.74, 6) is 0.0903. The molecule has 0 radical (unpaired) electrons. The fourth-order valence-corrected chi connectivity index (χ4v) is 12.3. The van der Waals surface area contributed by atoms with Crippen LogP contribution >= 0.6 is 15.6 Å². The minimum atomic E-state index is -4.96. The largest absolute Gasteiger partial charge is 0.472 e. The zero-order valence-electron chi connectivity index (χ0n) is 60.2. The second kappa shape index (κ2) is 64.2. The van der Waals surface area contributed by atoms with Gasteiger partial charge in [-0.25, -0.2) is 9.13 Å². The average molecular weight is 1360 g/mol. The molecule has 3 N–H and O–H groups in total. The quantitative estimate of drug-likeness (QED) is 0.0169. The van der Waals surface area contributed by atoms with Crippen molar-refractivity contribution < 1.29 is 80.2 Å². The molecule has 17 nitrogen and oxygen atoms in total. The molecule has 0 fully saturated rings. The SMILES string of the molecule is CCCCCC/C=C\C=C/CCCCCCCC(=O)O[C@H](COC(=O)CCCCCCCCCCCCCCCCC(C)CC)COP(=O)(O)OCC(O)COP(=O)(O)OC[C@@H](COC(=O)CCCCCCCCCC(C)C)OC(=O)CCCCCCCCCC(C)C. The number of esters is 4. The second-order valence-electron chi connectivity index (χ2n) is 27.2. The minimum Gasteiger partial charge on any atom is -0.462 e. The Balaban J connectivity index is 5.26. The monoisotopic (exact) mass is 1360 g/mol. The molecule has 0 aliphatic carbocycles. The third-order valence-corrected chi connectivity index (χ3v) is 18.8. The van der Waals surface area contributed by atoms with Crippen LogP contribution in [0.2, 0.25) is 0 Å². The van der Waals surface area contributed by atoms with Gasteiger partial charge in [-0.3, -0.25) is 37.3 Å². The predicted octanol–water partition coefficient (Wildman–Crippen LogP) is 21.0. The van der Waals surface area contributed by atoms with Crippen molar-refractivity contribution in [3.63, 3.8) is 0 Å². The number of rotatable bonds is 70. The number of phosphoric acid groups is 2. The highest BCUT2D eigenvalue weighted by atomic mass is 31.2. The summed E-state index contributed by atoms with van der Waals surface area (Å²) in [6, 6.07) is 0. The van der Waals surface area contributed by atoms with E-state index in [-0.39, 0.29) is 25.7 Å². The van der Waals surface area contributed by atoms with Crippen LogP contribution in [0.1, 0.15) is 350 Å². The van der Waals surface area contributed by atoms with Crippen molar-refractivity contribution in [3.8, 4) is 0 Å². The fourth-order valence-electron chi connectivity index (χ4n) is 10.7. The van der Waals surface area contributed by atoms with E-state index in [4.69, 9.17) is 37.0 Å². The van der Waals surface area contributed by atoms with Gasteiger partial charge in [-0.1, -0.05) is 297 Å². The Labute approximate surface area is 567 Å². The molecule has 4 unspecified atom stereocenters. The van der Waals surface area contributed by atoms with Gasteiger partial charge in [-0.15, -0.1) is 0 Å². The number of hydrogen-bond acceptors (Lipinski definition) is 15. The maximum absolute atomic E-state index is 13.1. The van der Waals surface area contributed by atoms with Gasteiger partial charge in [0.2, 0.25) is 0 Å². The van der Waals surface area contributed by atoms with Gasteiger partial charge in [0, 0.05) is 25.7 Å². The van der Waals surface area contributed by atoms with Gasteiger partial charge >= 0.3 is 39.5 Å². The first kappa shape index (κ1) is 90.5. The Morgan fingerprint density at radius 3 is 0.957 bits per heavy atom. The summed E-state index contributed by atoms with van der Waals surface area (Å²) in [6.45, 7) is 11.7. The molecule has 0 heterocycles. The molecule has 0 aromatic rings. The number of aliphatic hydroxyl groups excluding tert-OH is 1. The van der Waals surface area contributed by atoms with Crippen molar-refractivity contribution in [2.75, 3.05) is 39.6 Å². The number of aliphatic hydroxyl groups is 1. The van der Waals surface area contributed by atoms with E-state index in [1.54, 1.807) is 0 Å². The Kier molecular flexibility index (Phi) is 62.5. The third-order valence-electron chi connectivity index (χ3n) is 16.9. The molecule has 0 saturated heterocycles. The van der Waals surface area contributed by atoms with Crippen LogP contribution < -0.4 is 0 Å². The summed E-state index contributed by atoms with van der Waals surface area (Å²) in [5, 5.41) is 10.6. The molecule has 0 spiro atoms. The second-order valence-corrected chi connectivity index (χ2v) is 30.1. The molecular formula is C74H140O17P2. The molecule has 0 aliphatic rings. The van der Waals surface area contributed by atoms with E-state index in [1.807, 2.05) is 0 Å². The van der Waals surface area contributed by atoms with Gasteiger partial charge in [0.05, 0.1) is 26.4 Å². The highest BCUT2D eigenvalue weighted by Crippen LogP contribution is 2.45. The summed E-state index contributed by atoms with van der Waals surface area (Å²) in [5.41, 5.74) is 0. The van der Waals surface area contributed by atoms with Crippen LogP contribution in [0, 0.1) is 17.8 Å². The van der Waals surface area contributed by atoms with Crippen LogP contribution in [0.15, 0.2) is 24.3 Å².